The zero-order valence-corrected chi connectivity index (χ0v) is 13.0. The van der Waals surface area contributed by atoms with Gasteiger partial charge < -0.3 is 0 Å². The van der Waals surface area contributed by atoms with E-state index in [9.17, 15) is 13.2 Å². The number of anilines is 1. The molecule has 0 spiro atoms. The molecular formula is C11H14ClN3O3S2. The van der Waals surface area contributed by atoms with Crippen molar-refractivity contribution in [2.45, 2.75) is 43.3 Å². The van der Waals surface area contributed by atoms with Crippen LogP contribution < -0.4 is 4.90 Å². The third-order valence-electron chi connectivity index (χ3n) is 3.85. The average molecular weight is 336 g/mol. The molecule has 0 N–H and O–H groups in total. The first kappa shape index (κ1) is 14.2. The Labute approximate surface area is 125 Å². The zero-order chi connectivity index (χ0) is 14.3. The fourth-order valence-electron chi connectivity index (χ4n) is 2.72. The van der Waals surface area contributed by atoms with Crippen molar-refractivity contribution in [2.24, 2.45) is 0 Å². The first-order chi connectivity index (χ1) is 9.45. The number of rotatable bonds is 3. The van der Waals surface area contributed by atoms with E-state index in [1.54, 1.807) is 0 Å². The normalized spacial score (nSPS) is 24.8. The van der Waals surface area contributed by atoms with Gasteiger partial charge in [-0.05, 0) is 12.8 Å². The SMILES string of the molecule is O=C1CC(S(=O)(=O)Cl)CN1c1nnc(C2CCCC2)s1. The lowest BCUT2D eigenvalue weighted by Gasteiger charge is -2.10. The van der Waals surface area contributed by atoms with Crippen LogP contribution in [0, 0.1) is 0 Å². The summed E-state index contributed by atoms with van der Waals surface area (Å²) >= 11 is 1.39. The Balaban J connectivity index is 1.78. The Kier molecular flexibility index (Phi) is 3.72. The number of hydrogen-bond donors (Lipinski definition) is 0. The van der Waals surface area contributed by atoms with E-state index in [1.165, 1.54) is 29.1 Å². The first-order valence-corrected chi connectivity index (χ1v) is 9.71. The molecule has 0 aromatic carbocycles. The second kappa shape index (κ2) is 5.23. The predicted octanol–water partition coefficient (Wildman–Crippen LogP) is 1.87. The molecule has 1 atom stereocenters. The number of aromatic nitrogens is 2. The van der Waals surface area contributed by atoms with Crippen molar-refractivity contribution in [3.63, 3.8) is 0 Å². The van der Waals surface area contributed by atoms with Crippen molar-refractivity contribution < 1.29 is 13.2 Å². The summed E-state index contributed by atoms with van der Waals surface area (Å²) in [6, 6.07) is 0. The minimum Gasteiger partial charge on any atom is -0.285 e. The summed E-state index contributed by atoms with van der Waals surface area (Å²) < 4.78 is 22.6. The van der Waals surface area contributed by atoms with Crippen LogP contribution in [-0.2, 0) is 13.8 Å². The van der Waals surface area contributed by atoms with Gasteiger partial charge in [0.1, 0.15) is 10.3 Å². The van der Waals surface area contributed by atoms with Crippen molar-refractivity contribution in [1.29, 1.82) is 0 Å². The molecule has 1 amide bonds. The summed E-state index contributed by atoms with van der Waals surface area (Å²) in [4.78, 5) is 13.3. The number of carbonyl (C=O) groups is 1. The van der Waals surface area contributed by atoms with Crippen molar-refractivity contribution in [3.8, 4) is 0 Å². The van der Waals surface area contributed by atoms with Crippen molar-refractivity contribution in [3.05, 3.63) is 5.01 Å². The molecule has 1 unspecified atom stereocenters. The standard InChI is InChI=1S/C11H14ClN3O3S2/c12-20(17,18)8-5-9(16)15(6-8)11-14-13-10(19-11)7-3-1-2-4-7/h7-8H,1-6H2. The van der Waals surface area contributed by atoms with E-state index in [0.29, 0.717) is 11.0 Å². The second-order valence-corrected chi connectivity index (χ2v) is 9.11. The van der Waals surface area contributed by atoms with Crippen LogP contribution in [0.15, 0.2) is 0 Å². The van der Waals surface area contributed by atoms with Crippen LogP contribution in [0.3, 0.4) is 0 Å². The fourth-order valence-corrected chi connectivity index (χ4v) is 4.79. The smallest absolute Gasteiger partial charge is 0.237 e. The van der Waals surface area contributed by atoms with E-state index < -0.39 is 14.3 Å². The maximum Gasteiger partial charge on any atom is 0.237 e. The highest BCUT2D eigenvalue weighted by Gasteiger charge is 2.39. The topological polar surface area (TPSA) is 80.2 Å². The van der Waals surface area contributed by atoms with Gasteiger partial charge in [0.2, 0.25) is 20.1 Å². The summed E-state index contributed by atoms with van der Waals surface area (Å²) in [5, 5.41) is 8.78. The summed E-state index contributed by atoms with van der Waals surface area (Å²) in [6.45, 7) is 0.0734. The minimum atomic E-state index is -3.72. The van der Waals surface area contributed by atoms with Gasteiger partial charge in [-0.15, -0.1) is 10.2 Å². The van der Waals surface area contributed by atoms with Crippen LogP contribution in [0.5, 0.6) is 0 Å². The number of hydrogen-bond acceptors (Lipinski definition) is 6. The molecule has 3 rings (SSSR count). The highest BCUT2D eigenvalue weighted by atomic mass is 35.7. The molecule has 2 fully saturated rings. The molecule has 110 valence electrons. The van der Waals surface area contributed by atoms with Crippen LogP contribution in [0.2, 0.25) is 0 Å². The molecule has 1 aromatic rings. The molecule has 1 aliphatic heterocycles. The van der Waals surface area contributed by atoms with Crippen LogP contribution in [0.1, 0.15) is 43.0 Å². The maximum atomic E-state index is 11.9. The molecule has 2 aliphatic rings. The third-order valence-corrected chi connectivity index (χ3v) is 6.83. The van der Waals surface area contributed by atoms with Gasteiger partial charge in [0.15, 0.2) is 0 Å². The second-order valence-electron chi connectivity index (χ2n) is 5.21. The molecule has 0 radical (unpaired) electrons. The molecule has 6 nitrogen and oxygen atoms in total. The van der Waals surface area contributed by atoms with Gasteiger partial charge >= 0.3 is 0 Å². The molecule has 1 saturated carbocycles. The van der Waals surface area contributed by atoms with Crippen molar-refractivity contribution in [1.82, 2.24) is 10.2 Å². The van der Waals surface area contributed by atoms with E-state index in [4.69, 9.17) is 10.7 Å². The Hall–Kier alpha value is -0.730. The first-order valence-electron chi connectivity index (χ1n) is 6.52. The summed E-state index contributed by atoms with van der Waals surface area (Å²) in [7, 11) is 1.61. The Morgan fingerprint density at radius 2 is 1.95 bits per heavy atom. The molecule has 1 aromatic heterocycles. The van der Waals surface area contributed by atoms with Crippen molar-refractivity contribution in [2.75, 3.05) is 11.4 Å². The van der Waals surface area contributed by atoms with Gasteiger partial charge in [0.05, 0.1) is 0 Å². The van der Waals surface area contributed by atoms with Gasteiger partial charge in [-0.3, -0.25) is 9.69 Å². The number of amides is 1. The Morgan fingerprint density at radius 1 is 1.25 bits per heavy atom. The monoisotopic (exact) mass is 335 g/mol. The van der Waals surface area contributed by atoms with Gasteiger partial charge in [-0.1, -0.05) is 24.2 Å². The lowest BCUT2D eigenvalue weighted by molar-refractivity contribution is -0.117. The summed E-state index contributed by atoms with van der Waals surface area (Å²) in [5.41, 5.74) is 0. The van der Waals surface area contributed by atoms with Crippen LogP contribution in [0.4, 0.5) is 5.13 Å². The summed E-state index contributed by atoms with van der Waals surface area (Å²) in [6.07, 6.45) is 4.55. The highest BCUT2D eigenvalue weighted by Crippen LogP contribution is 2.38. The molecule has 1 saturated heterocycles. The molecule has 1 aliphatic carbocycles. The van der Waals surface area contributed by atoms with E-state index in [-0.39, 0.29) is 18.9 Å². The van der Waals surface area contributed by atoms with Crippen molar-refractivity contribution >= 4 is 42.1 Å². The summed E-state index contributed by atoms with van der Waals surface area (Å²) in [5.74, 6) is 0.180. The largest absolute Gasteiger partial charge is 0.285 e. The molecular weight excluding hydrogens is 322 g/mol. The average Bonchev–Trinajstić information content (AvgIpc) is 3.06. The quantitative estimate of drug-likeness (QED) is 0.788. The number of nitrogens with zero attached hydrogens (tertiary/aromatic N) is 3. The van der Waals surface area contributed by atoms with Gasteiger partial charge in [-0.25, -0.2) is 8.42 Å². The Morgan fingerprint density at radius 3 is 2.55 bits per heavy atom. The number of carbonyl (C=O) groups excluding carboxylic acids is 1. The van der Waals surface area contributed by atoms with E-state index in [0.717, 1.165) is 17.8 Å². The van der Waals surface area contributed by atoms with Gasteiger partial charge in [0.25, 0.3) is 0 Å². The predicted molar refractivity (Wildman–Crippen MR) is 76.6 cm³/mol. The highest BCUT2D eigenvalue weighted by molar-refractivity contribution is 8.14. The lowest BCUT2D eigenvalue weighted by atomic mass is 10.1. The third kappa shape index (κ3) is 2.68. The van der Waals surface area contributed by atoms with E-state index in [1.807, 2.05) is 0 Å². The fraction of sp³-hybridized carbons (Fsp3) is 0.727. The zero-order valence-electron chi connectivity index (χ0n) is 10.7. The van der Waals surface area contributed by atoms with Gasteiger partial charge in [-0.2, -0.15) is 0 Å². The Bertz CT molecular complexity index is 625. The molecule has 20 heavy (non-hydrogen) atoms. The van der Waals surface area contributed by atoms with Gasteiger partial charge in [0, 0.05) is 29.6 Å². The van der Waals surface area contributed by atoms with E-state index in [2.05, 4.69) is 10.2 Å². The molecule has 2 heterocycles. The van der Waals surface area contributed by atoms with Crippen LogP contribution in [0.25, 0.3) is 0 Å². The minimum absolute atomic E-state index is 0.0734. The number of halogens is 1. The van der Waals surface area contributed by atoms with Crippen LogP contribution in [-0.4, -0.2) is 36.3 Å². The lowest BCUT2D eigenvalue weighted by Crippen LogP contribution is -2.26. The molecule has 9 heteroatoms. The van der Waals surface area contributed by atoms with Crippen LogP contribution >= 0.6 is 22.0 Å². The van der Waals surface area contributed by atoms with E-state index >= 15 is 0 Å². The maximum absolute atomic E-state index is 11.9. The molecule has 0 bridgehead atoms.